The largest absolute Gasteiger partial charge is 0.465 e. The van der Waals surface area contributed by atoms with Crippen LogP contribution in [-0.4, -0.2) is 13.1 Å². The first-order valence-electron chi connectivity index (χ1n) is 5.47. The fourth-order valence-electron chi connectivity index (χ4n) is 1.77. The predicted molar refractivity (Wildman–Crippen MR) is 67.5 cm³/mol. The van der Waals surface area contributed by atoms with Gasteiger partial charge in [-0.2, -0.15) is 0 Å². The highest BCUT2D eigenvalue weighted by atomic mass is 19.2. The molecule has 3 nitrogen and oxygen atoms in total. The number of nitrogens with two attached hydrogens (primary N) is 1. The summed E-state index contributed by atoms with van der Waals surface area (Å²) in [6.45, 7) is 0. The van der Waals surface area contributed by atoms with Gasteiger partial charge in [0.15, 0.2) is 11.6 Å². The van der Waals surface area contributed by atoms with Crippen molar-refractivity contribution in [2.75, 3.05) is 12.8 Å². The Morgan fingerprint density at radius 2 is 1.74 bits per heavy atom. The van der Waals surface area contributed by atoms with Crippen LogP contribution in [0.25, 0.3) is 11.1 Å². The summed E-state index contributed by atoms with van der Waals surface area (Å²) in [6, 6.07) is 8.99. The molecule has 0 unspecified atom stereocenters. The van der Waals surface area contributed by atoms with Gasteiger partial charge in [0.1, 0.15) is 0 Å². The topological polar surface area (TPSA) is 52.3 Å². The molecule has 0 amide bonds. The van der Waals surface area contributed by atoms with Crippen molar-refractivity contribution >= 4 is 11.7 Å². The third-order valence-electron chi connectivity index (χ3n) is 2.74. The van der Waals surface area contributed by atoms with Crippen LogP contribution >= 0.6 is 0 Å². The first-order chi connectivity index (χ1) is 9.06. The molecule has 19 heavy (non-hydrogen) atoms. The van der Waals surface area contributed by atoms with Gasteiger partial charge in [-0.25, -0.2) is 13.6 Å². The summed E-state index contributed by atoms with van der Waals surface area (Å²) < 4.78 is 32.2. The van der Waals surface area contributed by atoms with E-state index in [1.54, 1.807) is 24.3 Å². The molecule has 0 fully saturated rings. The SMILES string of the molecule is COC(=O)c1ccc(-c2ccccc2N)c(F)c1F. The summed E-state index contributed by atoms with van der Waals surface area (Å²) in [6.07, 6.45) is 0. The van der Waals surface area contributed by atoms with Crippen LogP contribution in [0.3, 0.4) is 0 Å². The van der Waals surface area contributed by atoms with Gasteiger partial charge >= 0.3 is 5.97 Å². The zero-order chi connectivity index (χ0) is 14.0. The van der Waals surface area contributed by atoms with Crippen molar-refractivity contribution in [3.05, 3.63) is 53.6 Å². The molecule has 0 spiro atoms. The summed E-state index contributed by atoms with van der Waals surface area (Å²) in [5.74, 6) is -3.29. The van der Waals surface area contributed by atoms with Crippen LogP contribution in [0.15, 0.2) is 36.4 Å². The van der Waals surface area contributed by atoms with E-state index in [0.717, 1.165) is 7.11 Å². The van der Waals surface area contributed by atoms with Crippen LogP contribution < -0.4 is 5.73 Å². The molecule has 5 heteroatoms. The maximum atomic E-state index is 14.0. The second kappa shape index (κ2) is 5.06. The van der Waals surface area contributed by atoms with Crippen LogP contribution in [0.5, 0.6) is 0 Å². The van der Waals surface area contributed by atoms with E-state index in [0.29, 0.717) is 11.3 Å². The van der Waals surface area contributed by atoms with Crippen LogP contribution in [-0.2, 0) is 4.74 Å². The Hall–Kier alpha value is -2.43. The molecule has 2 aromatic carbocycles. The number of methoxy groups -OCH3 is 1. The first-order valence-corrected chi connectivity index (χ1v) is 5.47. The van der Waals surface area contributed by atoms with Gasteiger partial charge in [-0.05, 0) is 12.1 Å². The van der Waals surface area contributed by atoms with Crippen LogP contribution in [0, 0.1) is 11.6 Å². The highest BCUT2D eigenvalue weighted by molar-refractivity contribution is 5.91. The number of esters is 1. The molecule has 0 saturated heterocycles. The minimum atomic E-state index is -1.24. The number of carbonyl (C=O) groups is 1. The lowest BCUT2D eigenvalue weighted by molar-refractivity contribution is 0.0594. The summed E-state index contributed by atoms with van der Waals surface area (Å²) in [4.78, 5) is 11.2. The number of carbonyl (C=O) groups excluding carboxylic acids is 1. The lowest BCUT2D eigenvalue weighted by atomic mass is 10.0. The number of halogens is 2. The van der Waals surface area contributed by atoms with Gasteiger partial charge in [-0.15, -0.1) is 0 Å². The van der Waals surface area contributed by atoms with Crippen molar-refractivity contribution in [1.82, 2.24) is 0 Å². The highest BCUT2D eigenvalue weighted by Crippen LogP contribution is 2.30. The molecule has 2 rings (SSSR count). The average molecular weight is 263 g/mol. The summed E-state index contributed by atoms with van der Waals surface area (Å²) in [5, 5.41) is 0. The lowest BCUT2D eigenvalue weighted by Gasteiger charge is -2.09. The van der Waals surface area contributed by atoms with Gasteiger partial charge < -0.3 is 10.5 Å². The fraction of sp³-hybridized carbons (Fsp3) is 0.0714. The molecule has 0 bridgehead atoms. The van der Waals surface area contributed by atoms with Crippen LogP contribution in [0.4, 0.5) is 14.5 Å². The summed E-state index contributed by atoms with van der Waals surface area (Å²) in [5.41, 5.74) is 5.97. The quantitative estimate of drug-likeness (QED) is 0.669. The minimum Gasteiger partial charge on any atom is -0.465 e. The molecule has 0 aliphatic carbocycles. The van der Waals surface area contributed by atoms with Crippen LogP contribution in [0.1, 0.15) is 10.4 Å². The van der Waals surface area contributed by atoms with Gasteiger partial charge in [-0.1, -0.05) is 24.3 Å². The van der Waals surface area contributed by atoms with Gasteiger partial charge in [0.25, 0.3) is 0 Å². The number of ether oxygens (including phenoxy) is 1. The van der Waals surface area contributed by atoms with Gasteiger partial charge in [-0.3, -0.25) is 0 Å². The van der Waals surface area contributed by atoms with Crippen LogP contribution in [0.2, 0.25) is 0 Å². The molecule has 2 N–H and O–H groups in total. The molecule has 0 atom stereocenters. The zero-order valence-corrected chi connectivity index (χ0v) is 10.1. The third kappa shape index (κ3) is 2.27. The van der Waals surface area contributed by atoms with Gasteiger partial charge in [0.2, 0.25) is 0 Å². The van der Waals surface area contributed by atoms with Crippen molar-refractivity contribution in [3.8, 4) is 11.1 Å². The van der Waals surface area contributed by atoms with E-state index in [1.165, 1.54) is 12.1 Å². The van der Waals surface area contributed by atoms with E-state index in [-0.39, 0.29) is 5.56 Å². The second-order valence-corrected chi connectivity index (χ2v) is 3.87. The number of anilines is 1. The van der Waals surface area contributed by atoms with E-state index in [1.807, 2.05) is 0 Å². The van der Waals surface area contributed by atoms with Crippen molar-refractivity contribution in [1.29, 1.82) is 0 Å². The Morgan fingerprint density at radius 3 is 2.37 bits per heavy atom. The Kier molecular flexibility index (Phi) is 3.46. The Labute approximate surface area is 108 Å². The molecule has 0 heterocycles. The normalized spacial score (nSPS) is 10.3. The molecule has 0 saturated carbocycles. The molecule has 2 aromatic rings. The molecule has 0 aliphatic rings. The summed E-state index contributed by atoms with van der Waals surface area (Å²) in [7, 11) is 1.10. The number of para-hydroxylation sites is 1. The molecule has 0 radical (unpaired) electrons. The number of benzene rings is 2. The average Bonchev–Trinajstić information content (AvgIpc) is 2.42. The molecule has 0 aliphatic heterocycles. The van der Waals surface area contributed by atoms with E-state index < -0.39 is 23.2 Å². The molecular formula is C14H11F2NO2. The Morgan fingerprint density at radius 1 is 1.05 bits per heavy atom. The number of nitrogen functional groups attached to an aromatic ring is 1. The van der Waals surface area contributed by atoms with E-state index in [2.05, 4.69) is 4.74 Å². The minimum absolute atomic E-state index is 0.00301. The molecule has 0 aromatic heterocycles. The van der Waals surface area contributed by atoms with Crippen molar-refractivity contribution in [2.45, 2.75) is 0 Å². The Bertz CT molecular complexity index is 641. The van der Waals surface area contributed by atoms with E-state index >= 15 is 0 Å². The fourth-order valence-corrected chi connectivity index (χ4v) is 1.77. The third-order valence-corrected chi connectivity index (χ3v) is 2.74. The predicted octanol–water partition coefficient (Wildman–Crippen LogP) is 3.00. The lowest BCUT2D eigenvalue weighted by Crippen LogP contribution is -2.07. The maximum Gasteiger partial charge on any atom is 0.340 e. The molecule has 98 valence electrons. The van der Waals surface area contributed by atoms with Gasteiger partial charge in [0.05, 0.1) is 12.7 Å². The maximum absolute atomic E-state index is 14.0. The van der Waals surface area contributed by atoms with Crippen molar-refractivity contribution < 1.29 is 18.3 Å². The smallest absolute Gasteiger partial charge is 0.340 e. The van der Waals surface area contributed by atoms with E-state index in [9.17, 15) is 13.6 Å². The van der Waals surface area contributed by atoms with Crippen molar-refractivity contribution in [2.24, 2.45) is 0 Å². The molecular weight excluding hydrogens is 252 g/mol. The second-order valence-electron chi connectivity index (χ2n) is 3.87. The summed E-state index contributed by atoms with van der Waals surface area (Å²) >= 11 is 0. The monoisotopic (exact) mass is 263 g/mol. The zero-order valence-electron chi connectivity index (χ0n) is 10.1. The van der Waals surface area contributed by atoms with Crippen molar-refractivity contribution in [3.63, 3.8) is 0 Å². The van der Waals surface area contributed by atoms with E-state index in [4.69, 9.17) is 5.73 Å². The Balaban J connectivity index is 2.60. The number of rotatable bonds is 2. The highest BCUT2D eigenvalue weighted by Gasteiger charge is 2.20. The van der Waals surface area contributed by atoms with Gasteiger partial charge in [0, 0.05) is 16.8 Å². The first kappa shape index (κ1) is 13.0. The standard InChI is InChI=1S/C14H11F2NO2/c1-19-14(18)10-7-6-9(12(15)13(10)16)8-4-2-3-5-11(8)17/h2-7H,17H2,1H3. The number of hydrogen-bond donors (Lipinski definition) is 1. The number of hydrogen-bond acceptors (Lipinski definition) is 3.